The number of nitrogens with zero attached hydrogens (tertiary/aromatic N) is 3. The minimum Gasteiger partial charge on any atom is -0.494 e. The lowest BCUT2D eigenvalue weighted by molar-refractivity contribution is -0.120. The zero-order valence-corrected chi connectivity index (χ0v) is 20.8. The summed E-state index contributed by atoms with van der Waals surface area (Å²) in [6, 6.07) is 13.8. The number of nitrogens with one attached hydrogen (secondary N) is 2. The summed E-state index contributed by atoms with van der Waals surface area (Å²) in [5.41, 5.74) is 4.22. The Hall–Kier alpha value is -3.88. The molecule has 0 spiro atoms. The summed E-state index contributed by atoms with van der Waals surface area (Å²) in [7, 11) is 3.11. The molecule has 5 rings (SSSR count). The van der Waals surface area contributed by atoms with E-state index in [9.17, 15) is 4.79 Å². The van der Waals surface area contributed by atoms with Crippen LogP contribution in [0.25, 0.3) is 39.4 Å². The molecule has 0 aliphatic carbocycles. The lowest BCUT2D eigenvalue weighted by atomic mass is 10.1. The highest BCUT2D eigenvalue weighted by molar-refractivity contribution is 6.31. The monoisotopic (exact) mass is 523 g/mol. The van der Waals surface area contributed by atoms with E-state index in [4.69, 9.17) is 32.9 Å². The number of methoxy groups -OCH3 is 1. The maximum atomic E-state index is 15.0. The molecule has 0 fully saturated rings. The van der Waals surface area contributed by atoms with Crippen LogP contribution in [0.15, 0.2) is 60.9 Å². The van der Waals surface area contributed by atoms with Gasteiger partial charge >= 0.3 is 0 Å². The highest BCUT2D eigenvalue weighted by Gasteiger charge is 2.22. The van der Waals surface area contributed by atoms with Crippen molar-refractivity contribution < 1.29 is 13.9 Å². The van der Waals surface area contributed by atoms with Crippen molar-refractivity contribution in [2.45, 2.75) is 6.42 Å². The highest BCUT2D eigenvalue weighted by Crippen LogP contribution is 2.37. The van der Waals surface area contributed by atoms with Gasteiger partial charge in [-0.1, -0.05) is 41.4 Å². The number of carbonyl (C=O) groups excluding carboxylic acids is 1. The van der Waals surface area contributed by atoms with Gasteiger partial charge in [-0.05, 0) is 30.3 Å². The maximum absolute atomic E-state index is 15.0. The minimum atomic E-state index is -0.540. The van der Waals surface area contributed by atoms with Gasteiger partial charge in [0.2, 0.25) is 5.91 Å². The molecule has 3 aromatic heterocycles. The van der Waals surface area contributed by atoms with Crippen LogP contribution in [0.2, 0.25) is 10.0 Å². The van der Waals surface area contributed by atoms with Crippen LogP contribution in [0.4, 0.5) is 4.39 Å². The van der Waals surface area contributed by atoms with E-state index in [-0.39, 0.29) is 23.0 Å². The summed E-state index contributed by atoms with van der Waals surface area (Å²) in [5, 5.41) is 3.19. The van der Waals surface area contributed by atoms with Crippen molar-refractivity contribution in [1.29, 1.82) is 0 Å². The molecule has 0 aliphatic rings. The number of halogens is 3. The average molecular weight is 524 g/mol. The Kier molecular flexibility index (Phi) is 6.38. The van der Waals surface area contributed by atoms with Gasteiger partial charge in [0.1, 0.15) is 17.1 Å². The van der Waals surface area contributed by atoms with Crippen molar-refractivity contribution in [3.63, 3.8) is 0 Å². The number of H-pyrrole nitrogens is 1. The van der Waals surface area contributed by atoms with Gasteiger partial charge in [0.05, 0.1) is 52.9 Å². The molecule has 0 saturated heterocycles. The van der Waals surface area contributed by atoms with Crippen LogP contribution in [0.3, 0.4) is 0 Å². The zero-order valence-electron chi connectivity index (χ0n) is 19.3. The fourth-order valence-electron chi connectivity index (χ4n) is 4.03. The first kappa shape index (κ1) is 23.8. The van der Waals surface area contributed by atoms with Crippen LogP contribution in [0.1, 0.15) is 5.69 Å². The van der Waals surface area contributed by atoms with E-state index in [1.54, 1.807) is 54.3 Å². The molecule has 36 heavy (non-hydrogen) atoms. The SMILES string of the molecule is CNC(=O)Cc1cc(-c2nc3c(-c4ccc(Cl)cc4)n(-c4cccc(Cl)c4F)cc3[nH]2)c(OC)cn1. The molecule has 0 atom stereocenters. The molecule has 182 valence electrons. The third-order valence-electron chi connectivity index (χ3n) is 5.78. The average Bonchev–Trinajstić information content (AvgIpc) is 3.44. The summed E-state index contributed by atoms with van der Waals surface area (Å²) in [6.07, 6.45) is 3.44. The number of ether oxygens (including phenoxy) is 1. The molecule has 2 aromatic carbocycles. The van der Waals surface area contributed by atoms with Crippen molar-refractivity contribution in [2.24, 2.45) is 0 Å². The third kappa shape index (κ3) is 4.29. The summed E-state index contributed by atoms with van der Waals surface area (Å²) in [6.45, 7) is 0. The molecule has 10 heteroatoms. The number of aromatic amines is 1. The molecular weight excluding hydrogens is 504 g/mol. The first-order chi connectivity index (χ1) is 17.4. The maximum Gasteiger partial charge on any atom is 0.225 e. The number of hydrogen-bond donors (Lipinski definition) is 2. The second-order valence-corrected chi connectivity index (χ2v) is 8.84. The number of likely N-dealkylation sites (N-methyl/N-ethyl adjacent to an activating group) is 1. The molecule has 0 bridgehead atoms. The number of fused-ring (bicyclic) bond motifs is 1. The standard InChI is InChI=1S/C26H20Cl2FN5O2/c1-30-22(35)11-16-10-17(21(36-2)12-31-16)26-32-19-13-34(20-5-3-4-18(28)23(20)29)25(24(19)33-26)14-6-8-15(27)9-7-14/h3-10,12-13H,11H2,1-2H3,(H,30,35)(H,32,33). The van der Waals surface area contributed by atoms with Crippen LogP contribution < -0.4 is 10.1 Å². The van der Waals surface area contributed by atoms with Gasteiger partial charge in [-0.15, -0.1) is 0 Å². The van der Waals surface area contributed by atoms with E-state index in [1.165, 1.54) is 13.2 Å². The molecular formula is C26H20Cl2FN5O2. The smallest absolute Gasteiger partial charge is 0.225 e. The van der Waals surface area contributed by atoms with E-state index in [2.05, 4.69) is 15.3 Å². The van der Waals surface area contributed by atoms with Gasteiger partial charge in [-0.2, -0.15) is 0 Å². The largest absolute Gasteiger partial charge is 0.494 e. The van der Waals surface area contributed by atoms with Crippen LogP contribution >= 0.6 is 23.2 Å². The first-order valence-electron chi connectivity index (χ1n) is 10.9. The van der Waals surface area contributed by atoms with Crippen LogP contribution in [0, 0.1) is 5.82 Å². The Morgan fingerprint density at radius 1 is 1.19 bits per heavy atom. The van der Waals surface area contributed by atoms with Gasteiger partial charge in [0.15, 0.2) is 5.82 Å². The van der Waals surface area contributed by atoms with E-state index >= 15 is 4.39 Å². The molecule has 0 radical (unpaired) electrons. The quantitative estimate of drug-likeness (QED) is 0.293. The van der Waals surface area contributed by atoms with Gasteiger partial charge < -0.3 is 19.6 Å². The highest BCUT2D eigenvalue weighted by atomic mass is 35.5. The predicted molar refractivity (Wildman–Crippen MR) is 138 cm³/mol. The number of benzene rings is 2. The van der Waals surface area contributed by atoms with E-state index in [1.807, 2.05) is 12.1 Å². The molecule has 1 amide bonds. The van der Waals surface area contributed by atoms with E-state index in [0.717, 1.165) is 5.56 Å². The fourth-order valence-corrected chi connectivity index (χ4v) is 4.33. The molecule has 3 heterocycles. The molecule has 0 unspecified atom stereocenters. The Balaban J connectivity index is 1.71. The number of aromatic nitrogens is 4. The number of amides is 1. The van der Waals surface area contributed by atoms with Crippen LogP contribution in [-0.2, 0) is 11.2 Å². The lowest BCUT2D eigenvalue weighted by Gasteiger charge is -2.12. The number of imidazole rings is 1. The van der Waals surface area contributed by atoms with Gasteiger partial charge in [0.25, 0.3) is 0 Å². The number of carbonyl (C=O) groups is 1. The number of hydrogen-bond acceptors (Lipinski definition) is 4. The Morgan fingerprint density at radius 3 is 2.69 bits per heavy atom. The Bertz CT molecular complexity index is 1590. The van der Waals surface area contributed by atoms with Crippen LogP contribution in [-0.4, -0.2) is 39.6 Å². The molecule has 2 N–H and O–H groups in total. The predicted octanol–water partition coefficient (Wildman–Crippen LogP) is 5.83. The van der Waals surface area contributed by atoms with Gasteiger partial charge in [0, 0.05) is 23.8 Å². The Labute approximate surface area is 215 Å². The molecule has 0 saturated carbocycles. The lowest BCUT2D eigenvalue weighted by Crippen LogP contribution is -2.20. The molecule has 5 aromatic rings. The van der Waals surface area contributed by atoms with Gasteiger partial charge in [-0.25, -0.2) is 9.37 Å². The van der Waals surface area contributed by atoms with Crippen molar-refractivity contribution in [3.05, 3.63) is 82.5 Å². The normalized spacial score (nSPS) is 11.1. The van der Waals surface area contributed by atoms with Crippen LogP contribution in [0.5, 0.6) is 5.75 Å². The number of rotatable bonds is 6. The van der Waals surface area contributed by atoms with Crippen molar-refractivity contribution >= 4 is 40.1 Å². The zero-order chi connectivity index (χ0) is 25.4. The van der Waals surface area contributed by atoms with E-state index in [0.29, 0.717) is 44.6 Å². The second kappa shape index (κ2) is 9.64. The summed E-state index contributed by atoms with van der Waals surface area (Å²) < 4.78 is 22.3. The minimum absolute atomic E-state index is 0.0192. The fraction of sp³-hybridized carbons (Fsp3) is 0.115. The molecule has 0 aliphatic heterocycles. The van der Waals surface area contributed by atoms with Crippen molar-refractivity contribution in [1.82, 2.24) is 24.8 Å². The third-order valence-corrected chi connectivity index (χ3v) is 6.33. The Morgan fingerprint density at radius 2 is 1.97 bits per heavy atom. The second-order valence-electron chi connectivity index (χ2n) is 8.00. The van der Waals surface area contributed by atoms with Gasteiger partial charge in [-0.3, -0.25) is 9.78 Å². The first-order valence-corrected chi connectivity index (χ1v) is 11.7. The summed E-state index contributed by atoms with van der Waals surface area (Å²) in [5.74, 6) is 0.313. The molecule has 7 nitrogen and oxygen atoms in total. The number of pyridine rings is 1. The summed E-state index contributed by atoms with van der Waals surface area (Å²) >= 11 is 12.2. The van der Waals surface area contributed by atoms with Crippen molar-refractivity contribution in [3.8, 4) is 34.1 Å². The summed E-state index contributed by atoms with van der Waals surface area (Å²) in [4.78, 5) is 24.3. The van der Waals surface area contributed by atoms with E-state index < -0.39 is 5.82 Å². The topological polar surface area (TPSA) is 84.8 Å². The van der Waals surface area contributed by atoms with Crippen molar-refractivity contribution in [2.75, 3.05) is 14.2 Å².